The molecule has 5 rings (SSSR count). The molecule has 1 aliphatic carbocycles. The molecule has 4 aromatic rings. The Bertz CT molecular complexity index is 1270. The average molecular weight is 464 g/mol. The van der Waals surface area contributed by atoms with Crippen molar-refractivity contribution in [3.63, 3.8) is 0 Å². The van der Waals surface area contributed by atoms with Gasteiger partial charge in [-0.25, -0.2) is 4.98 Å². The summed E-state index contributed by atoms with van der Waals surface area (Å²) in [6.45, 7) is 9.46. The van der Waals surface area contributed by atoms with Crippen molar-refractivity contribution in [3.05, 3.63) is 95.6 Å². The zero-order chi connectivity index (χ0) is 24.4. The molecule has 180 valence electrons. The Morgan fingerprint density at radius 2 is 1.63 bits per heavy atom. The zero-order valence-corrected chi connectivity index (χ0v) is 21.6. The second kappa shape index (κ2) is 9.85. The zero-order valence-electron chi connectivity index (χ0n) is 21.6. The van der Waals surface area contributed by atoms with Crippen molar-refractivity contribution in [2.75, 3.05) is 0 Å². The van der Waals surface area contributed by atoms with Crippen LogP contribution >= 0.6 is 0 Å². The Morgan fingerprint density at radius 1 is 0.914 bits per heavy atom. The first-order valence-electron chi connectivity index (χ1n) is 13.1. The van der Waals surface area contributed by atoms with E-state index >= 15 is 0 Å². The van der Waals surface area contributed by atoms with Crippen LogP contribution in [0.4, 0.5) is 0 Å². The summed E-state index contributed by atoms with van der Waals surface area (Å²) in [6.07, 6.45) is 8.41. The van der Waals surface area contributed by atoms with E-state index in [0.717, 1.165) is 35.4 Å². The van der Waals surface area contributed by atoms with Gasteiger partial charge in [0.1, 0.15) is 5.52 Å². The number of oxazole rings is 1. The Kier molecular flexibility index (Phi) is 6.65. The van der Waals surface area contributed by atoms with Gasteiger partial charge >= 0.3 is 0 Å². The maximum Gasteiger partial charge on any atom is 0.227 e. The second-order valence-electron chi connectivity index (χ2n) is 11.3. The van der Waals surface area contributed by atoms with Crippen LogP contribution in [0.15, 0.2) is 83.3 Å². The lowest BCUT2D eigenvalue weighted by atomic mass is 9.72. The number of para-hydroxylation sites is 2. The van der Waals surface area contributed by atoms with Gasteiger partial charge in [-0.2, -0.15) is 0 Å². The van der Waals surface area contributed by atoms with E-state index < -0.39 is 0 Å². The SMILES string of the molecule is CC(CCc1ccc(-c2nc3ccccc3o2)cc1)c1ccc(C2=CCC(C(C)(C)C)CC2)cc1. The highest BCUT2D eigenvalue weighted by molar-refractivity contribution is 5.76. The maximum atomic E-state index is 5.91. The predicted molar refractivity (Wildman–Crippen MR) is 147 cm³/mol. The number of rotatable bonds is 6. The third-order valence-corrected chi connectivity index (χ3v) is 7.85. The molecule has 2 nitrogen and oxygen atoms in total. The molecule has 0 aliphatic heterocycles. The van der Waals surface area contributed by atoms with E-state index in [4.69, 9.17) is 4.42 Å². The van der Waals surface area contributed by atoms with Gasteiger partial charge in [0.05, 0.1) is 0 Å². The third kappa shape index (κ3) is 5.42. The summed E-state index contributed by atoms with van der Waals surface area (Å²) < 4.78 is 5.91. The summed E-state index contributed by atoms with van der Waals surface area (Å²) >= 11 is 0. The van der Waals surface area contributed by atoms with Crippen LogP contribution in [0.25, 0.3) is 28.1 Å². The summed E-state index contributed by atoms with van der Waals surface area (Å²) in [5, 5.41) is 0. The van der Waals surface area contributed by atoms with Crippen molar-refractivity contribution in [3.8, 4) is 11.5 Å². The van der Waals surface area contributed by atoms with Gasteiger partial charge in [0.15, 0.2) is 5.58 Å². The fourth-order valence-electron chi connectivity index (χ4n) is 5.27. The topological polar surface area (TPSA) is 26.0 Å². The van der Waals surface area contributed by atoms with Gasteiger partial charge in [-0.15, -0.1) is 0 Å². The molecule has 2 heteroatoms. The van der Waals surface area contributed by atoms with E-state index in [1.165, 1.54) is 41.5 Å². The minimum atomic E-state index is 0.409. The molecule has 3 aromatic carbocycles. The standard InChI is InChI=1S/C33H37NO/c1-23(25-15-17-26(18-16-25)27-19-21-29(22-20-27)33(2,3)4)9-10-24-11-13-28(14-12-24)32-34-30-7-5-6-8-31(30)35-32/h5-8,11-19,23,29H,9-10,20-22H2,1-4H3. The van der Waals surface area contributed by atoms with Gasteiger partial charge in [0.25, 0.3) is 0 Å². The van der Waals surface area contributed by atoms with E-state index in [1.807, 2.05) is 24.3 Å². The molecule has 0 saturated heterocycles. The number of fused-ring (bicyclic) bond motifs is 1. The summed E-state index contributed by atoms with van der Waals surface area (Å²) in [5.74, 6) is 2.02. The fraction of sp³-hybridized carbons (Fsp3) is 0.364. The molecule has 35 heavy (non-hydrogen) atoms. The maximum absolute atomic E-state index is 5.91. The summed E-state index contributed by atoms with van der Waals surface area (Å²) in [6, 6.07) is 25.9. The van der Waals surface area contributed by atoms with Crippen LogP contribution in [0.2, 0.25) is 0 Å². The van der Waals surface area contributed by atoms with Crippen molar-refractivity contribution in [2.45, 2.75) is 65.7 Å². The molecule has 1 aliphatic rings. The molecular formula is C33H37NO. The summed E-state index contributed by atoms with van der Waals surface area (Å²) in [4.78, 5) is 4.61. The minimum Gasteiger partial charge on any atom is -0.436 e. The first kappa shape index (κ1) is 23.6. The number of hydrogen-bond acceptors (Lipinski definition) is 2. The summed E-state index contributed by atoms with van der Waals surface area (Å²) in [7, 11) is 0. The van der Waals surface area contributed by atoms with Gasteiger partial charge in [0.2, 0.25) is 5.89 Å². The molecular weight excluding hydrogens is 426 g/mol. The normalized spacial score (nSPS) is 17.4. The lowest BCUT2D eigenvalue weighted by Gasteiger charge is -2.33. The van der Waals surface area contributed by atoms with Gasteiger partial charge in [-0.05, 0) is 95.9 Å². The van der Waals surface area contributed by atoms with E-state index in [-0.39, 0.29) is 0 Å². The van der Waals surface area contributed by atoms with Crippen LogP contribution in [-0.4, -0.2) is 4.98 Å². The van der Waals surface area contributed by atoms with E-state index in [9.17, 15) is 0 Å². The molecule has 0 N–H and O–H groups in total. The lowest BCUT2D eigenvalue weighted by molar-refractivity contribution is 0.225. The molecule has 0 radical (unpaired) electrons. The monoisotopic (exact) mass is 463 g/mol. The third-order valence-electron chi connectivity index (χ3n) is 7.85. The molecule has 2 unspecified atom stereocenters. The molecule has 1 aromatic heterocycles. The predicted octanol–water partition coefficient (Wildman–Crippen LogP) is 9.46. The van der Waals surface area contributed by atoms with Crippen LogP contribution in [0.1, 0.15) is 76.0 Å². The quantitative estimate of drug-likeness (QED) is 0.284. The molecule has 2 atom stereocenters. The Balaban J connectivity index is 1.17. The van der Waals surface area contributed by atoms with Crippen LogP contribution in [-0.2, 0) is 6.42 Å². The highest BCUT2D eigenvalue weighted by atomic mass is 16.3. The first-order valence-corrected chi connectivity index (χ1v) is 13.1. The number of nitrogens with zero attached hydrogens (tertiary/aromatic N) is 1. The number of allylic oxidation sites excluding steroid dienone is 2. The van der Waals surface area contributed by atoms with Crippen LogP contribution in [0, 0.1) is 11.3 Å². The lowest BCUT2D eigenvalue weighted by Crippen LogP contribution is -2.21. The van der Waals surface area contributed by atoms with Crippen molar-refractivity contribution in [2.24, 2.45) is 11.3 Å². The van der Waals surface area contributed by atoms with Crippen molar-refractivity contribution in [1.29, 1.82) is 0 Å². The number of hydrogen-bond donors (Lipinski definition) is 0. The Hall–Kier alpha value is -3.13. The van der Waals surface area contributed by atoms with Crippen LogP contribution < -0.4 is 0 Å². The van der Waals surface area contributed by atoms with E-state index in [2.05, 4.69) is 87.3 Å². The van der Waals surface area contributed by atoms with Crippen LogP contribution in [0.3, 0.4) is 0 Å². The number of aryl methyl sites for hydroxylation is 1. The van der Waals surface area contributed by atoms with E-state index in [1.54, 1.807) is 0 Å². The molecule has 0 saturated carbocycles. The van der Waals surface area contributed by atoms with Crippen molar-refractivity contribution in [1.82, 2.24) is 4.98 Å². The number of aromatic nitrogens is 1. The Morgan fingerprint density at radius 3 is 2.29 bits per heavy atom. The van der Waals surface area contributed by atoms with Gasteiger partial charge in [-0.1, -0.05) is 82.3 Å². The average Bonchev–Trinajstić information content (AvgIpc) is 3.32. The largest absolute Gasteiger partial charge is 0.436 e. The van der Waals surface area contributed by atoms with Crippen molar-refractivity contribution < 1.29 is 4.42 Å². The van der Waals surface area contributed by atoms with Gasteiger partial charge in [-0.3, -0.25) is 0 Å². The number of benzene rings is 3. The molecule has 0 fully saturated rings. The van der Waals surface area contributed by atoms with E-state index in [0.29, 0.717) is 17.2 Å². The highest BCUT2D eigenvalue weighted by Crippen LogP contribution is 2.39. The van der Waals surface area contributed by atoms with Gasteiger partial charge < -0.3 is 4.42 Å². The smallest absolute Gasteiger partial charge is 0.227 e. The molecule has 0 amide bonds. The molecule has 0 bridgehead atoms. The first-order chi connectivity index (χ1) is 16.9. The second-order valence-corrected chi connectivity index (χ2v) is 11.3. The highest BCUT2D eigenvalue weighted by Gasteiger charge is 2.26. The van der Waals surface area contributed by atoms with Crippen LogP contribution in [0.5, 0.6) is 0 Å². The minimum absolute atomic E-state index is 0.409. The molecule has 1 heterocycles. The summed E-state index contributed by atoms with van der Waals surface area (Å²) in [5.41, 5.74) is 8.90. The van der Waals surface area contributed by atoms with Gasteiger partial charge in [0, 0.05) is 5.56 Å². The fourth-order valence-corrected chi connectivity index (χ4v) is 5.27. The van der Waals surface area contributed by atoms with Crippen molar-refractivity contribution >= 4 is 16.7 Å². The Labute approximate surface area is 210 Å². The molecule has 0 spiro atoms.